The van der Waals surface area contributed by atoms with Gasteiger partial charge in [0.2, 0.25) is 0 Å². The third-order valence-electron chi connectivity index (χ3n) is 5.69. The normalized spacial score (nSPS) is 12.6. The minimum absolute atomic E-state index is 0.0193. The first kappa shape index (κ1) is 28.0. The number of rotatable bonds is 9. The summed E-state index contributed by atoms with van der Waals surface area (Å²) >= 11 is 0. The molecule has 0 aromatic heterocycles. The number of nitrogens with zero attached hydrogens (tertiary/aromatic N) is 1. The van der Waals surface area contributed by atoms with E-state index in [0.29, 0.717) is 18.1 Å². The van der Waals surface area contributed by atoms with E-state index in [-0.39, 0.29) is 29.6 Å². The summed E-state index contributed by atoms with van der Waals surface area (Å²) in [5.41, 5.74) is -0.532. The van der Waals surface area contributed by atoms with Crippen molar-refractivity contribution in [1.82, 2.24) is 4.90 Å². The standard InChI is InChI=1S/C26H25F4NO5S/c1-4-17(2)31(25(32)19-7-5-9-21(27)14-19)16-18-11-12-23(35-3)24(13-18)36-37(33,34)22-10-6-8-20(15-22)26(28,29)30/h5-15,17H,4,16H2,1-3H3/t17-/m0/s1. The summed E-state index contributed by atoms with van der Waals surface area (Å²) in [6.45, 7) is 3.71. The SMILES string of the molecule is CC[C@H](C)N(Cc1ccc(OC)c(OS(=O)(=O)c2cccc(C(F)(F)F)c2)c1)C(=O)c1cccc(F)c1. The molecule has 3 aromatic carbocycles. The zero-order valence-corrected chi connectivity index (χ0v) is 21.1. The fraction of sp³-hybridized carbons (Fsp3) is 0.269. The Morgan fingerprint density at radius 1 is 1.00 bits per heavy atom. The summed E-state index contributed by atoms with van der Waals surface area (Å²) < 4.78 is 88.9. The Bertz CT molecular complexity index is 1380. The number of carbonyl (C=O) groups excluding carboxylic acids is 1. The van der Waals surface area contributed by atoms with Gasteiger partial charge >= 0.3 is 16.3 Å². The minimum Gasteiger partial charge on any atom is -0.493 e. The van der Waals surface area contributed by atoms with Crippen molar-refractivity contribution >= 4 is 16.0 Å². The smallest absolute Gasteiger partial charge is 0.416 e. The van der Waals surface area contributed by atoms with E-state index in [1.165, 1.54) is 42.3 Å². The van der Waals surface area contributed by atoms with E-state index in [2.05, 4.69) is 0 Å². The van der Waals surface area contributed by atoms with Gasteiger partial charge in [0.05, 0.1) is 12.7 Å². The number of benzene rings is 3. The Morgan fingerprint density at radius 3 is 2.32 bits per heavy atom. The molecule has 0 heterocycles. The van der Waals surface area contributed by atoms with Crippen molar-refractivity contribution in [1.29, 1.82) is 0 Å². The van der Waals surface area contributed by atoms with Gasteiger partial charge < -0.3 is 13.8 Å². The molecular formula is C26H25F4NO5S. The van der Waals surface area contributed by atoms with Crippen molar-refractivity contribution in [2.45, 2.75) is 43.9 Å². The molecule has 0 saturated heterocycles. The molecule has 198 valence electrons. The van der Waals surface area contributed by atoms with Gasteiger partial charge in [-0.15, -0.1) is 0 Å². The third kappa shape index (κ3) is 6.79. The highest BCUT2D eigenvalue weighted by Crippen LogP contribution is 2.34. The highest BCUT2D eigenvalue weighted by molar-refractivity contribution is 7.87. The van der Waals surface area contributed by atoms with Crippen molar-refractivity contribution in [3.8, 4) is 11.5 Å². The largest absolute Gasteiger partial charge is 0.493 e. The van der Waals surface area contributed by atoms with E-state index in [0.717, 1.165) is 24.3 Å². The van der Waals surface area contributed by atoms with E-state index in [4.69, 9.17) is 8.92 Å². The highest BCUT2D eigenvalue weighted by Gasteiger charge is 2.32. The lowest BCUT2D eigenvalue weighted by Gasteiger charge is -2.29. The van der Waals surface area contributed by atoms with E-state index in [1.54, 1.807) is 6.07 Å². The van der Waals surface area contributed by atoms with Gasteiger partial charge in [-0.2, -0.15) is 21.6 Å². The maximum absolute atomic E-state index is 13.7. The van der Waals surface area contributed by atoms with E-state index >= 15 is 0 Å². The topological polar surface area (TPSA) is 72.9 Å². The Morgan fingerprint density at radius 2 is 1.70 bits per heavy atom. The zero-order valence-electron chi connectivity index (χ0n) is 20.3. The van der Waals surface area contributed by atoms with E-state index in [1.807, 2.05) is 13.8 Å². The summed E-state index contributed by atoms with van der Waals surface area (Å²) in [6.07, 6.45) is -4.15. The summed E-state index contributed by atoms with van der Waals surface area (Å²) in [5, 5.41) is 0. The van der Waals surface area contributed by atoms with Crippen molar-refractivity contribution in [2.75, 3.05) is 7.11 Å². The number of carbonyl (C=O) groups is 1. The van der Waals surface area contributed by atoms with Crippen molar-refractivity contribution in [3.05, 3.63) is 89.2 Å². The average Bonchev–Trinajstić information content (AvgIpc) is 2.86. The molecule has 37 heavy (non-hydrogen) atoms. The number of hydrogen-bond donors (Lipinski definition) is 0. The van der Waals surface area contributed by atoms with Crippen LogP contribution in [0.4, 0.5) is 17.6 Å². The van der Waals surface area contributed by atoms with Gasteiger partial charge in [-0.25, -0.2) is 4.39 Å². The predicted octanol–water partition coefficient (Wildman–Crippen LogP) is 6.06. The Labute approximate surface area is 212 Å². The lowest BCUT2D eigenvalue weighted by atomic mass is 10.1. The second-order valence-corrected chi connectivity index (χ2v) is 9.80. The van der Waals surface area contributed by atoms with Gasteiger partial charge in [-0.3, -0.25) is 4.79 Å². The summed E-state index contributed by atoms with van der Waals surface area (Å²) in [4.78, 5) is 14.0. The molecular weight excluding hydrogens is 514 g/mol. The number of ether oxygens (including phenoxy) is 1. The van der Waals surface area contributed by atoms with Crippen LogP contribution in [0.1, 0.15) is 41.8 Å². The average molecular weight is 540 g/mol. The zero-order chi connectivity index (χ0) is 27.4. The van der Waals surface area contributed by atoms with Crippen LogP contribution in [-0.2, 0) is 22.8 Å². The van der Waals surface area contributed by atoms with Gasteiger partial charge in [0, 0.05) is 18.2 Å². The third-order valence-corrected chi connectivity index (χ3v) is 6.92. The monoisotopic (exact) mass is 539 g/mol. The van der Waals surface area contributed by atoms with Crippen LogP contribution in [0.3, 0.4) is 0 Å². The molecule has 0 radical (unpaired) electrons. The molecule has 1 amide bonds. The van der Waals surface area contributed by atoms with E-state index < -0.39 is 38.5 Å². The second-order valence-electron chi connectivity index (χ2n) is 8.25. The molecule has 0 aliphatic carbocycles. The summed E-state index contributed by atoms with van der Waals surface area (Å²) in [5.74, 6) is -1.23. The van der Waals surface area contributed by atoms with Crippen LogP contribution in [0.25, 0.3) is 0 Å². The van der Waals surface area contributed by atoms with Crippen molar-refractivity contribution < 1.29 is 39.7 Å². The van der Waals surface area contributed by atoms with Crippen molar-refractivity contribution in [3.63, 3.8) is 0 Å². The molecule has 0 unspecified atom stereocenters. The fourth-order valence-electron chi connectivity index (χ4n) is 3.51. The molecule has 0 N–H and O–H groups in total. The lowest BCUT2D eigenvalue weighted by Crippen LogP contribution is -2.37. The Balaban J connectivity index is 1.94. The number of methoxy groups -OCH3 is 1. The van der Waals surface area contributed by atoms with Crippen LogP contribution >= 0.6 is 0 Å². The maximum Gasteiger partial charge on any atom is 0.416 e. The first-order valence-electron chi connectivity index (χ1n) is 11.2. The fourth-order valence-corrected chi connectivity index (χ4v) is 4.49. The maximum atomic E-state index is 13.7. The molecule has 0 aliphatic heterocycles. The minimum atomic E-state index is -4.74. The Kier molecular flexibility index (Phi) is 8.47. The second kappa shape index (κ2) is 11.2. The molecule has 0 bridgehead atoms. The molecule has 0 spiro atoms. The highest BCUT2D eigenvalue weighted by atomic mass is 32.2. The summed E-state index contributed by atoms with van der Waals surface area (Å²) in [6, 6.07) is 12.6. The van der Waals surface area contributed by atoms with Crippen molar-refractivity contribution in [2.24, 2.45) is 0 Å². The summed E-state index contributed by atoms with van der Waals surface area (Å²) in [7, 11) is -3.39. The molecule has 6 nitrogen and oxygen atoms in total. The molecule has 0 saturated carbocycles. The number of hydrogen-bond acceptors (Lipinski definition) is 5. The van der Waals surface area contributed by atoms with Crippen LogP contribution < -0.4 is 8.92 Å². The van der Waals surface area contributed by atoms with Gasteiger partial charge in [0.25, 0.3) is 5.91 Å². The first-order chi connectivity index (χ1) is 17.4. The van der Waals surface area contributed by atoms with Crippen LogP contribution in [0, 0.1) is 5.82 Å². The molecule has 3 aromatic rings. The van der Waals surface area contributed by atoms with Crippen LogP contribution in [-0.4, -0.2) is 32.4 Å². The van der Waals surface area contributed by atoms with Gasteiger partial charge in [0.15, 0.2) is 11.5 Å². The van der Waals surface area contributed by atoms with Gasteiger partial charge in [-0.05, 0) is 67.4 Å². The Hall–Kier alpha value is -3.60. The number of amides is 1. The van der Waals surface area contributed by atoms with Crippen LogP contribution in [0.15, 0.2) is 71.6 Å². The lowest BCUT2D eigenvalue weighted by molar-refractivity contribution is -0.137. The van der Waals surface area contributed by atoms with Crippen LogP contribution in [0.2, 0.25) is 0 Å². The van der Waals surface area contributed by atoms with Gasteiger partial charge in [0.1, 0.15) is 10.7 Å². The number of halogens is 4. The molecule has 11 heteroatoms. The quantitative estimate of drug-likeness (QED) is 0.244. The van der Waals surface area contributed by atoms with Crippen LogP contribution in [0.5, 0.6) is 11.5 Å². The van der Waals surface area contributed by atoms with Gasteiger partial charge in [-0.1, -0.05) is 25.1 Å². The predicted molar refractivity (Wildman–Crippen MR) is 128 cm³/mol. The molecule has 0 fully saturated rings. The first-order valence-corrected chi connectivity index (χ1v) is 12.6. The molecule has 3 rings (SSSR count). The molecule has 1 atom stereocenters. The van der Waals surface area contributed by atoms with E-state index in [9.17, 15) is 30.8 Å². The number of alkyl halides is 3. The molecule has 0 aliphatic rings.